The van der Waals surface area contributed by atoms with Gasteiger partial charge in [0, 0.05) is 25.7 Å². The fraction of sp³-hybridized carbons (Fsp3) is 0.949. The van der Waals surface area contributed by atoms with Crippen LogP contribution in [0.1, 0.15) is 414 Å². The smallest absolute Gasteiger partial charge is 0.462 e. The average Bonchev–Trinajstić information content (AvgIpc) is 1.02. The van der Waals surface area contributed by atoms with Gasteiger partial charge in [-0.15, -0.1) is 0 Å². The van der Waals surface area contributed by atoms with E-state index in [1.165, 1.54) is 231 Å². The summed E-state index contributed by atoms with van der Waals surface area (Å²) in [6.07, 6.45) is 59.6. The first-order chi connectivity index (χ1) is 47.4. The van der Waals surface area contributed by atoms with Crippen molar-refractivity contribution in [3.8, 4) is 0 Å². The van der Waals surface area contributed by atoms with E-state index in [4.69, 9.17) is 37.0 Å². The molecule has 0 rings (SSSR count). The molecule has 0 heterocycles. The average molecular weight is 1440 g/mol. The first kappa shape index (κ1) is 96.1. The molecule has 98 heavy (non-hydrogen) atoms. The minimum atomic E-state index is -4.96. The van der Waals surface area contributed by atoms with Crippen LogP contribution in [0.3, 0.4) is 0 Å². The summed E-state index contributed by atoms with van der Waals surface area (Å²) in [5.74, 6) is -0.520. The highest BCUT2D eigenvalue weighted by Crippen LogP contribution is 2.45. The molecule has 0 saturated carbocycles. The van der Waals surface area contributed by atoms with Gasteiger partial charge in [0.2, 0.25) is 0 Å². The molecule has 3 N–H and O–H groups in total. The quantitative estimate of drug-likeness (QED) is 0.0222. The van der Waals surface area contributed by atoms with Crippen molar-refractivity contribution in [1.82, 2.24) is 0 Å². The van der Waals surface area contributed by atoms with Crippen LogP contribution in [0, 0.1) is 11.8 Å². The summed E-state index contributed by atoms with van der Waals surface area (Å²) < 4.78 is 68.6. The summed E-state index contributed by atoms with van der Waals surface area (Å²) in [6, 6.07) is 0. The van der Waals surface area contributed by atoms with E-state index in [0.29, 0.717) is 25.7 Å². The first-order valence-corrected chi connectivity index (χ1v) is 44.0. The molecule has 582 valence electrons. The lowest BCUT2D eigenvalue weighted by Gasteiger charge is -2.21. The van der Waals surface area contributed by atoms with Gasteiger partial charge in [-0.25, -0.2) is 9.13 Å². The predicted molar refractivity (Wildman–Crippen MR) is 400 cm³/mol. The second-order valence-electron chi connectivity index (χ2n) is 29.4. The van der Waals surface area contributed by atoms with Crippen molar-refractivity contribution < 1.29 is 80.2 Å². The second kappa shape index (κ2) is 70.7. The Kier molecular flexibility index (Phi) is 69.3. The summed E-state index contributed by atoms with van der Waals surface area (Å²) in [6.45, 7) is 9.65. The third-order valence-corrected chi connectivity index (χ3v) is 20.4. The zero-order valence-electron chi connectivity index (χ0n) is 64.1. The Morgan fingerprint density at radius 2 is 0.469 bits per heavy atom. The molecule has 0 spiro atoms. The van der Waals surface area contributed by atoms with E-state index in [1.54, 1.807) is 0 Å². The van der Waals surface area contributed by atoms with Crippen LogP contribution in [-0.2, 0) is 65.4 Å². The van der Waals surface area contributed by atoms with Gasteiger partial charge in [0.15, 0.2) is 12.2 Å². The monoisotopic (exact) mass is 1440 g/mol. The zero-order valence-corrected chi connectivity index (χ0v) is 65.9. The van der Waals surface area contributed by atoms with Gasteiger partial charge in [0.25, 0.3) is 0 Å². The fourth-order valence-corrected chi connectivity index (χ4v) is 13.8. The van der Waals surface area contributed by atoms with Gasteiger partial charge in [-0.2, -0.15) is 0 Å². The number of unbranched alkanes of at least 4 members (excludes halogenated alkanes) is 48. The molecule has 0 bridgehead atoms. The largest absolute Gasteiger partial charge is 0.472 e. The maximum absolute atomic E-state index is 13.1. The van der Waals surface area contributed by atoms with Gasteiger partial charge in [0.1, 0.15) is 19.3 Å². The molecule has 19 heteroatoms. The van der Waals surface area contributed by atoms with E-state index in [2.05, 4.69) is 41.5 Å². The lowest BCUT2D eigenvalue weighted by Crippen LogP contribution is -2.30. The Labute approximate surface area is 600 Å². The topological polar surface area (TPSA) is 237 Å². The van der Waals surface area contributed by atoms with Crippen molar-refractivity contribution in [2.75, 3.05) is 39.6 Å². The van der Waals surface area contributed by atoms with Gasteiger partial charge in [-0.3, -0.25) is 37.3 Å². The van der Waals surface area contributed by atoms with E-state index in [0.717, 1.165) is 102 Å². The van der Waals surface area contributed by atoms with E-state index in [-0.39, 0.29) is 25.7 Å². The minimum absolute atomic E-state index is 0.108. The molecule has 0 aliphatic carbocycles. The van der Waals surface area contributed by atoms with Crippen LogP contribution in [0.2, 0.25) is 0 Å². The molecule has 0 aromatic rings. The van der Waals surface area contributed by atoms with Crippen LogP contribution in [0.25, 0.3) is 0 Å². The van der Waals surface area contributed by atoms with Gasteiger partial charge in [0.05, 0.1) is 26.4 Å². The molecule has 0 radical (unpaired) electrons. The number of carbonyl (C=O) groups is 4. The minimum Gasteiger partial charge on any atom is -0.462 e. The van der Waals surface area contributed by atoms with Crippen molar-refractivity contribution in [2.24, 2.45) is 11.8 Å². The first-order valence-electron chi connectivity index (χ1n) is 41.0. The third-order valence-electron chi connectivity index (χ3n) is 18.5. The van der Waals surface area contributed by atoms with Crippen molar-refractivity contribution >= 4 is 39.5 Å². The predicted octanol–water partition coefficient (Wildman–Crippen LogP) is 23.5. The lowest BCUT2D eigenvalue weighted by molar-refractivity contribution is -0.161. The molecule has 0 amide bonds. The number of ether oxygens (including phenoxy) is 4. The Morgan fingerprint density at radius 1 is 0.276 bits per heavy atom. The molecule has 5 atom stereocenters. The summed E-state index contributed by atoms with van der Waals surface area (Å²) in [5, 5.41) is 10.6. The number of aliphatic hydroxyl groups excluding tert-OH is 1. The van der Waals surface area contributed by atoms with Gasteiger partial charge in [-0.1, -0.05) is 363 Å². The van der Waals surface area contributed by atoms with Crippen LogP contribution >= 0.6 is 15.6 Å². The fourth-order valence-electron chi connectivity index (χ4n) is 12.2. The van der Waals surface area contributed by atoms with Crippen LogP contribution in [0.4, 0.5) is 0 Å². The van der Waals surface area contributed by atoms with Crippen molar-refractivity contribution in [1.29, 1.82) is 0 Å². The van der Waals surface area contributed by atoms with E-state index in [1.807, 2.05) is 0 Å². The highest BCUT2D eigenvalue weighted by molar-refractivity contribution is 7.47. The number of hydrogen-bond donors (Lipinski definition) is 3. The summed E-state index contributed by atoms with van der Waals surface area (Å²) in [5.41, 5.74) is 0. The SMILES string of the molecule is CCCCCCCCCCCCCCCCCC(=O)O[C@H](COC(=O)CCCCCCCCCCC)COP(=O)(O)OC[C@H](O)COP(=O)(O)OC[C@@H](COC(=O)CCCCCCCCCCCCCCC(C)C)OC(=O)CCCCCCCCCCCCCCCCCCC(C)C. The summed E-state index contributed by atoms with van der Waals surface area (Å²) in [4.78, 5) is 72.9. The third kappa shape index (κ3) is 72.4. The molecule has 0 fully saturated rings. The van der Waals surface area contributed by atoms with Crippen molar-refractivity contribution in [2.45, 2.75) is 432 Å². The van der Waals surface area contributed by atoms with Crippen LogP contribution < -0.4 is 0 Å². The van der Waals surface area contributed by atoms with Gasteiger partial charge < -0.3 is 33.8 Å². The Morgan fingerprint density at radius 3 is 0.694 bits per heavy atom. The Hall–Kier alpha value is -1.94. The van der Waals surface area contributed by atoms with E-state index < -0.39 is 97.5 Å². The molecule has 0 aliphatic heterocycles. The maximum Gasteiger partial charge on any atom is 0.472 e. The number of phosphoric acid groups is 2. The number of carbonyl (C=O) groups excluding carboxylic acids is 4. The van der Waals surface area contributed by atoms with Crippen molar-refractivity contribution in [3.05, 3.63) is 0 Å². The van der Waals surface area contributed by atoms with Crippen molar-refractivity contribution in [3.63, 3.8) is 0 Å². The summed E-state index contributed by atoms with van der Waals surface area (Å²) >= 11 is 0. The highest BCUT2D eigenvalue weighted by Gasteiger charge is 2.30. The van der Waals surface area contributed by atoms with E-state index in [9.17, 15) is 43.2 Å². The Balaban J connectivity index is 5.22. The molecule has 17 nitrogen and oxygen atoms in total. The number of aliphatic hydroxyl groups is 1. The maximum atomic E-state index is 13.1. The van der Waals surface area contributed by atoms with Gasteiger partial charge >= 0.3 is 39.5 Å². The van der Waals surface area contributed by atoms with Gasteiger partial charge in [-0.05, 0) is 37.5 Å². The number of phosphoric ester groups is 2. The Bertz CT molecular complexity index is 1890. The zero-order chi connectivity index (χ0) is 72.1. The van der Waals surface area contributed by atoms with Crippen LogP contribution in [-0.4, -0.2) is 96.7 Å². The standard InChI is InChI=1S/C79H154O17P2/c1-7-9-11-13-15-17-18-19-22-26-33-39-45-51-57-63-78(83)95-74(67-89-76(81)61-55-49-43-35-16-14-12-10-8-2)69-93-97(85,86)91-65-73(80)66-92-98(87,88)94-70-75(68-90-77(82)62-56-50-44-38-32-29-28-31-37-42-48-54-60-72(5)6)96-79(84)64-58-52-46-40-34-27-24-21-20-23-25-30-36-41-47-53-59-71(3)4/h71-75,80H,7-70H2,1-6H3,(H,85,86)(H,87,88)/t73-,74+,75+/m0/s1. The molecule has 0 aliphatic rings. The lowest BCUT2D eigenvalue weighted by atomic mass is 10.0. The number of hydrogen-bond acceptors (Lipinski definition) is 15. The number of esters is 4. The second-order valence-corrected chi connectivity index (χ2v) is 32.3. The number of rotatable bonds is 78. The molecule has 0 aromatic heterocycles. The molecule has 2 unspecified atom stereocenters. The molecular weight excluding hydrogens is 1280 g/mol. The summed E-state index contributed by atoms with van der Waals surface area (Å²) in [7, 11) is -9.91. The molecule has 0 aromatic carbocycles. The van der Waals surface area contributed by atoms with E-state index >= 15 is 0 Å². The van der Waals surface area contributed by atoms with Crippen LogP contribution in [0.5, 0.6) is 0 Å². The normalized spacial score (nSPS) is 13.9. The van der Waals surface area contributed by atoms with Crippen LogP contribution in [0.15, 0.2) is 0 Å². The molecule has 0 saturated heterocycles. The highest BCUT2D eigenvalue weighted by atomic mass is 31.2. The molecular formula is C79H154O17P2.